The molecule has 0 bridgehead atoms. The molecule has 0 unspecified atom stereocenters. The lowest BCUT2D eigenvalue weighted by Gasteiger charge is -2.12. The molecule has 45 heavy (non-hydrogen) atoms. The van der Waals surface area contributed by atoms with Crippen LogP contribution in [0.2, 0.25) is 0 Å². The SMILES string of the molecule is COc1cc(C(=O)Oc2c(Br)cc(Br)cc2C=NNC(=O)c2[nH]c3c(OC)cccc3c2-c2ccccc2)ccc1OC(C)=O. The number of esters is 2. The second-order valence-electron chi connectivity index (χ2n) is 9.48. The molecule has 228 valence electrons. The fraction of sp³-hybridized carbons (Fsp3) is 0.0909. The maximum atomic E-state index is 13.5. The average molecular weight is 735 g/mol. The van der Waals surface area contributed by atoms with Gasteiger partial charge in [-0.2, -0.15) is 5.10 Å². The first-order valence-electron chi connectivity index (χ1n) is 13.3. The van der Waals surface area contributed by atoms with Crippen LogP contribution in [0.3, 0.4) is 0 Å². The fourth-order valence-electron chi connectivity index (χ4n) is 4.62. The lowest BCUT2D eigenvalue weighted by Crippen LogP contribution is -2.19. The maximum absolute atomic E-state index is 13.5. The number of H-pyrrole nitrogens is 1. The van der Waals surface area contributed by atoms with Gasteiger partial charge in [0.1, 0.15) is 11.4 Å². The van der Waals surface area contributed by atoms with Crippen LogP contribution >= 0.6 is 31.9 Å². The van der Waals surface area contributed by atoms with Crippen molar-refractivity contribution in [1.29, 1.82) is 0 Å². The predicted octanol–water partition coefficient (Wildman–Crippen LogP) is 7.29. The molecule has 0 saturated carbocycles. The van der Waals surface area contributed by atoms with E-state index in [0.717, 1.165) is 10.9 Å². The van der Waals surface area contributed by atoms with Gasteiger partial charge in [-0.3, -0.25) is 9.59 Å². The summed E-state index contributed by atoms with van der Waals surface area (Å²) >= 11 is 6.87. The largest absolute Gasteiger partial charge is 0.495 e. The summed E-state index contributed by atoms with van der Waals surface area (Å²) in [5.74, 6) is -0.623. The van der Waals surface area contributed by atoms with Gasteiger partial charge in [-0.05, 0) is 57.9 Å². The van der Waals surface area contributed by atoms with Crippen LogP contribution in [0, 0.1) is 0 Å². The molecule has 10 nitrogen and oxygen atoms in total. The predicted molar refractivity (Wildman–Crippen MR) is 176 cm³/mol. The van der Waals surface area contributed by atoms with E-state index < -0.39 is 17.8 Å². The van der Waals surface area contributed by atoms with Crippen LogP contribution in [0.4, 0.5) is 0 Å². The lowest BCUT2D eigenvalue weighted by atomic mass is 10.0. The molecule has 5 rings (SSSR count). The maximum Gasteiger partial charge on any atom is 0.343 e. The van der Waals surface area contributed by atoms with Crippen molar-refractivity contribution >= 4 is 66.8 Å². The minimum absolute atomic E-state index is 0.149. The highest BCUT2D eigenvalue weighted by Crippen LogP contribution is 2.37. The Morgan fingerprint density at radius 1 is 0.844 bits per heavy atom. The van der Waals surface area contributed by atoms with E-state index in [9.17, 15) is 14.4 Å². The molecule has 0 spiro atoms. The third-order valence-corrected chi connectivity index (χ3v) is 7.61. The van der Waals surface area contributed by atoms with Gasteiger partial charge in [0.2, 0.25) is 0 Å². The Balaban J connectivity index is 1.43. The first kappa shape index (κ1) is 31.5. The van der Waals surface area contributed by atoms with E-state index in [4.69, 9.17) is 18.9 Å². The van der Waals surface area contributed by atoms with E-state index in [-0.39, 0.29) is 22.8 Å². The molecule has 1 aromatic heterocycles. The number of fused-ring (bicyclic) bond motifs is 1. The van der Waals surface area contributed by atoms with E-state index in [2.05, 4.69) is 47.4 Å². The lowest BCUT2D eigenvalue weighted by molar-refractivity contribution is -0.132. The number of para-hydroxylation sites is 1. The number of hydrogen-bond acceptors (Lipinski definition) is 8. The van der Waals surface area contributed by atoms with Crippen molar-refractivity contribution in [2.45, 2.75) is 6.92 Å². The molecular weight excluding hydrogens is 710 g/mol. The number of carbonyl (C=O) groups excluding carboxylic acids is 3. The number of aromatic amines is 1. The summed E-state index contributed by atoms with van der Waals surface area (Å²) in [7, 11) is 2.96. The number of halogens is 2. The van der Waals surface area contributed by atoms with Crippen LogP contribution in [0.15, 0.2) is 92.9 Å². The standard InChI is InChI=1S/C33H25Br2N3O7/c1-18(39)44-25-13-12-20(15-27(25)43-3)33(41)45-31-21(14-22(34)16-24(31)35)17-36-38-32(40)30-28(19-8-5-4-6-9-19)23-10-7-11-26(42-2)29(23)37-30/h4-17,37H,1-3H3,(H,38,40). The van der Waals surface area contributed by atoms with Gasteiger partial charge in [0.25, 0.3) is 5.91 Å². The first-order valence-corrected chi connectivity index (χ1v) is 14.9. The summed E-state index contributed by atoms with van der Waals surface area (Å²) in [5, 5.41) is 4.99. The molecule has 0 saturated heterocycles. The summed E-state index contributed by atoms with van der Waals surface area (Å²) in [6, 6.07) is 22.8. The van der Waals surface area contributed by atoms with Crippen molar-refractivity contribution in [2.75, 3.05) is 14.2 Å². The Morgan fingerprint density at radius 3 is 2.31 bits per heavy atom. The topological polar surface area (TPSA) is 128 Å². The summed E-state index contributed by atoms with van der Waals surface area (Å²) in [5.41, 5.74) is 5.62. The molecule has 4 aromatic carbocycles. The molecule has 0 fully saturated rings. The van der Waals surface area contributed by atoms with Crippen molar-refractivity contribution in [3.05, 3.63) is 105 Å². The number of carbonyl (C=O) groups is 3. The number of hydrogen-bond donors (Lipinski definition) is 2. The molecule has 0 atom stereocenters. The quantitative estimate of drug-likeness (QED) is 0.0705. The summed E-state index contributed by atoms with van der Waals surface area (Å²) in [6.07, 6.45) is 1.37. The minimum atomic E-state index is -0.705. The summed E-state index contributed by atoms with van der Waals surface area (Å²) in [6.45, 7) is 1.26. The number of methoxy groups -OCH3 is 2. The summed E-state index contributed by atoms with van der Waals surface area (Å²) in [4.78, 5) is 41.2. The van der Waals surface area contributed by atoms with Gasteiger partial charge in [-0.25, -0.2) is 10.2 Å². The van der Waals surface area contributed by atoms with Gasteiger partial charge >= 0.3 is 11.9 Å². The zero-order valence-corrected chi connectivity index (χ0v) is 27.3. The molecule has 0 aliphatic rings. The van der Waals surface area contributed by atoms with Crippen LogP contribution in [0.25, 0.3) is 22.0 Å². The van der Waals surface area contributed by atoms with Crippen molar-refractivity contribution in [3.63, 3.8) is 0 Å². The second kappa shape index (κ2) is 13.8. The van der Waals surface area contributed by atoms with Gasteiger partial charge < -0.3 is 23.9 Å². The number of ether oxygens (including phenoxy) is 4. The second-order valence-corrected chi connectivity index (χ2v) is 11.2. The Bertz CT molecular complexity index is 1960. The van der Waals surface area contributed by atoms with Crippen LogP contribution in [0.1, 0.15) is 33.3 Å². The fourth-order valence-corrected chi connectivity index (χ4v) is 5.96. The van der Waals surface area contributed by atoms with Crippen molar-refractivity contribution < 1.29 is 33.3 Å². The van der Waals surface area contributed by atoms with E-state index in [1.807, 2.05) is 48.5 Å². The Kier molecular flexibility index (Phi) is 9.65. The van der Waals surface area contributed by atoms with Crippen molar-refractivity contribution in [2.24, 2.45) is 5.10 Å². The van der Waals surface area contributed by atoms with Crippen LogP contribution in [-0.4, -0.2) is 43.3 Å². The zero-order valence-electron chi connectivity index (χ0n) is 24.1. The number of amides is 1. The minimum Gasteiger partial charge on any atom is -0.495 e. The van der Waals surface area contributed by atoms with E-state index in [1.165, 1.54) is 38.4 Å². The smallest absolute Gasteiger partial charge is 0.343 e. The van der Waals surface area contributed by atoms with Crippen LogP contribution in [-0.2, 0) is 4.79 Å². The Hall–Kier alpha value is -4.94. The highest BCUT2D eigenvalue weighted by atomic mass is 79.9. The number of nitrogens with zero attached hydrogens (tertiary/aromatic N) is 1. The highest BCUT2D eigenvalue weighted by Gasteiger charge is 2.22. The highest BCUT2D eigenvalue weighted by molar-refractivity contribution is 9.11. The first-order chi connectivity index (χ1) is 21.7. The molecule has 2 N–H and O–H groups in total. The molecule has 12 heteroatoms. The van der Waals surface area contributed by atoms with Gasteiger partial charge in [0, 0.05) is 27.9 Å². The van der Waals surface area contributed by atoms with Crippen LogP contribution < -0.4 is 24.4 Å². The van der Waals surface area contributed by atoms with Crippen molar-refractivity contribution in [3.8, 4) is 34.1 Å². The molecule has 1 amide bonds. The Morgan fingerprint density at radius 2 is 1.60 bits per heavy atom. The third-order valence-electron chi connectivity index (χ3n) is 6.56. The van der Waals surface area contributed by atoms with Gasteiger partial charge in [-0.15, -0.1) is 0 Å². The van der Waals surface area contributed by atoms with Crippen molar-refractivity contribution in [1.82, 2.24) is 10.4 Å². The molecule has 0 aliphatic heterocycles. The number of rotatable bonds is 9. The molecule has 1 heterocycles. The number of aromatic nitrogens is 1. The number of benzene rings is 4. The molecule has 0 aliphatic carbocycles. The average Bonchev–Trinajstić information content (AvgIpc) is 3.43. The number of nitrogens with one attached hydrogen (secondary N) is 2. The normalized spacial score (nSPS) is 11.0. The van der Waals surface area contributed by atoms with E-state index >= 15 is 0 Å². The van der Waals surface area contributed by atoms with Gasteiger partial charge in [0.05, 0.1) is 36.0 Å². The Labute approximate surface area is 274 Å². The number of hydrazone groups is 1. The zero-order chi connectivity index (χ0) is 32.1. The molecular formula is C33H25Br2N3O7. The van der Waals surface area contributed by atoms with E-state index in [1.54, 1.807) is 19.2 Å². The monoisotopic (exact) mass is 733 g/mol. The summed E-state index contributed by atoms with van der Waals surface area (Å²) < 4.78 is 22.7. The molecule has 0 radical (unpaired) electrons. The third kappa shape index (κ3) is 6.92. The van der Waals surface area contributed by atoms with Gasteiger partial charge in [0.15, 0.2) is 17.2 Å². The molecule has 5 aromatic rings. The van der Waals surface area contributed by atoms with Crippen LogP contribution in [0.5, 0.6) is 23.0 Å². The van der Waals surface area contributed by atoms with E-state index in [0.29, 0.717) is 37.0 Å². The van der Waals surface area contributed by atoms with Gasteiger partial charge in [-0.1, -0.05) is 58.4 Å².